The van der Waals surface area contributed by atoms with Gasteiger partial charge in [-0.05, 0) is 38.0 Å². The third-order valence-corrected chi connectivity index (χ3v) is 2.84. The first-order valence-corrected chi connectivity index (χ1v) is 5.60. The highest BCUT2D eigenvalue weighted by Crippen LogP contribution is 2.24. The largest absolute Gasteiger partial charge is 0.339 e. The zero-order valence-corrected chi connectivity index (χ0v) is 10.3. The summed E-state index contributed by atoms with van der Waals surface area (Å²) in [4.78, 5) is 4.24. The first-order chi connectivity index (χ1) is 8.11. The minimum Gasteiger partial charge on any atom is -0.339 e. The van der Waals surface area contributed by atoms with Gasteiger partial charge in [0.15, 0.2) is 0 Å². The van der Waals surface area contributed by atoms with Crippen molar-refractivity contribution in [3.05, 3.63) is 34.7 Å². The number of hydrogen-bond acceptors (Lipinski definition) is 3. The van der Waals surface area contributed by atoms with Crippen molar-refractivity contribution in [2.24, 2.45) is 0 Å². The lowest BCUT2D eigenvalue weighted by atomic mass is 10.00. The van der Waals surface area contributed by atoms with Crippen molar-refractivity contribution in [1.82, 2.24) is 10.1 Å². The standard InChI is InChI=1S/C13H15N2O2/c1-8-6-9(2)10(3)11(7-8)13-14-12(4-5-16)17-15-13/h6-7H,4-5H2,1-3H3. The quantitative estimate of drug-likeness (QED) is 0.815. The molecule has 0 atom stereocenters. The van der Waals surface area contributed by atoms with E-state index in [1.165, 1.54) is 11.1 Å². The van der Waals surface area contributed by atoms with E-state index in [1.807, 2.05) is 19.9 Å². The Balaban J connectivity index is 2.44. The van der Waals surface area contributed by atoms with E-state index in [-0.39, 0.29) is 13.0 Å². The van der Waals surface area contributed by atoms with Crippen LogP contribution in [0, 0.1) is 20.8 Å². The molecule has 0 spiro atoms. The molecule has 0 saturated carbocycles. The fourth-order valence-electron chi connectivity index (χ4n) is 1.83. The number of rotatable bonds is 3. The fourth-order valence-corrected chi connectivity index (χ4v) is 1.83. The van der Waals surface area contributed by atoms with Gasteiger partial charge in [-0.2, -0.15) is 4.98 Å². The first kappa shape index (κ1) is 11.8. The summed E-state index contributed by atoms with van der Waals surface area (Å²) in [5, 5.41) is 14.4. The molecule has 4 heteroatoms. The van der Waals surface area contributed by atoms with Gasteiger partial charge < -0.3 is 4.52 Å². The molecule has 0 unspecified atom stereocenters. The Morgan fingerprint density at radius 3 is 2.71 bits per heavy atom. The van der Waals surface area contributed by atoms with Crippen LogP contribution in [0.1, 0.15) is 22.6 Å². The second kappa shape index (κ2) is 4.67. The maximum absolute atomic E-state index is 10.5. The molecule has 0 bridgehead atoms. The fraction of sp³-hybridized carbons (Fsp3) is 0.385. The van der Waals surface area contributed by atoms with Gasteiger partial charge in [-0.25, -0.2) is 5.11 Å². The maximum Gasteiger partial charge on any atom is 0.229 e. The van der Waals surface area contributed by atoms with E-state index in [9.17, 15) is 5.11 Å². The van der Waals surface area contributed by atoms with Crippen LogP contribution in [-0.4, -0.2) is 16.7 Å². The minimum absolute atomic E-state index is 0.229. The second-order valence-electron chi connectivity index (χ2n) is 4.22. The molecule has 0 N–H and O–H groups in total. The Morgan fingerprint density at radius 2 is 2.00 bits per heavy atom. The number of benzene rings is 1. The van der Waals surface area contributed by atoms with Gasteiger partial charge in [-0.15, -0.1) is 0 Å². The Labute approximate surface area is 100 Å². The highest BCUT2D eigenvalue weighted by atomic mass is 16.5. The third kappa shape index (κ3) is 2.36. The summed E-state index contributed by atoms with van der Waals surface area (Å²) in [5.74, 6) is 0.978. The van der Waals surface area contributed by atoms with Crippen LogP contribution < -0.4 is 0 Å². The minimum atomic E-state index is -0.229. The molecule has 0 saturated heterocycles. The monoisotopic (exact) mass is 231 g/mol. The molecule has 1 aromatic heterocycles. The molecule has 4 nitrogen and oxygen atoms in total. The number of nitrogens with zero attached hydrogens (tertiary/aromatic N) is 2. The molecular formula is C13H15N2O2. The Kier molecular flexibility index (Phi) is 3.24. The number of aryl methyl sites for hydroxylation is 2. The van der Waals surface area contributed by atoms with Gasteiger partial charge >= 0.3 is 0 Å². The average Bonchev–Trinajstić information content (AvgIpc) is 2.72. The van der Waals surface area contributed by atoms with Gasteiger partial charge in [-0.1, -0.05) is 16.8 Å². The lowest BCUT2D eigenvalue weighted by Gasteiger charge is -2.06. The van der Waals surface area contributed by atoms with Gasteiger partial charge in [-0.3, -0.25) is 0 Å². The SMILES string of the molecule is Cc1cc(C)c(C)c(-c2noc(CC[O])n2)c1. The van der Waals surface area contributed by atoms with E-state index in [1.54, 1.807) is 0 Å². The molecule has 1 aromatic carbocycles. The molecule has 17 heavy (non-hydrogen) atoms. The van der Waals surface area contributed by atoms with Crippen LogP contribution in [0.5, 0.6) is 0 Å². The van der Waals surface area contributed by atoms with Gasteiger partial charge in [0, 0.05) is 5.56 Å². The smallest absolute Gasteiger partial charge is 0.229 e. The van der Waals surface area contributed by atoms with E-state index in [4.69, 9.17) is 4.52 Å². The van der Waals surface area contributed by atoms with Crippen LogP contribution in [0.2, 0.25) is 0 Å². The van der Waals surface area contributed by atoms with Crippen LogP contribution in [0.3, 0.4) is 0 Å². The topological polar surface area (TPSA) is 58.8 Å². The molecule has 89 valence electrons. The summed E-state index contributed by atoms with van der Waals surface area (Å²) in [7, 11) is 0. The van der Waals surface area contributed by atoms with Crippen molar-refractivity contribution >= 4 is 0 Å². The van der Waals surface area contributed by atoms with E-state index < -0.39 is 0 Å². The Morgan fingerprint density at radius 1 is 1.24 bits per heavy atom. The highest BCUT2D eigenvalue weighted by molar-refractivity contribution is 5.62. The molecule has 1 radical (unpaired) electrons. The molecule has 0 aliphatic heterocycles. The third-order valence-electron chi connectivity index (χ3n) is 2.84. The van der Waals surface area contributed by atoms with Crippen LogP contribution in [-0.2, 0) is 11.5 Å². The summed E-state index contributed by atoms with van der Waals surface area (Å²) in [5.41, 5.74) is 4.49. The molecule has 2 aromatic rings. The number of aromatic nitrogens is 2. The van der Waals surface area contributed by atoms with Crippen molar-refractivity contribution in [2.75, 3.05) is 6.61 Å². The summed E-state index contributed by atoms with van der Waals surface area (Å²) < 4.78 is 5.03. The van der Waals surface area contributed by atoms with E-state index in [0.717, 1.165) is 11.1 Å². The predicted molar refractivity (Wildman–Crippen MR) is 63.2 cm³/mol. The normalized spacial score (nSPS) is 10.8. The van der Waals surface area contributed by atoms with Crippen LogP contribution in [0.15, 0.2) is 16.7 Å². The summed E-state index contributed by atoms with van der Waals surface area (Å²) >= 11 is 0. The summed E-state index contributed by atoms with van der Waals surface area (Å²) in [6.07, 6.45) is 0.289. The number of hydrogen-bond donors (Lipinski definition) is 0. The molecule has 1 heterocycles. The zero-order chi connectivity index (χ0) is 12.4. The maximum atomic E-state index is 10.5. The van der Waals surface area contributed by atoms with Gasteiger partial charge in [0.05, 0.1) is 13.0 Å². The highest BCUT2D eigenvalue weighted by Gasteiger charge is 2.12. The van der Waals surface area contributed by atoms with Crippen molar-refractivity contribution < 1.29 is 9.63 Å². The van der Waals surface area contributed by atoms with Gasteiger partial charge in [0.25, 0.3) is 0 Å². The van der Waals surface area contributed by atoms with Crippen LogP contribution in [0.25, 0.3) is 11.4 Å². The average molecular weight is 231 g/mol. The molecular weight excluding hydrogens is 216 g/mol. The molecule has 0 amide bonds. The van der Waals surface area contributed by atoms with Crippen LogP contribution >= 0.6 is 0 Å². The van der Waals surface area contributed by atoms with E-state index in [2.05, 4.69) is 23.1 Å². The van der Waals surface area contributed by atoms with Crippen molar-refractivity contribution in [3.8, 4) is 11.4 Å². The molecule has 0 aliphatic rings. The van der Waals surface area contributed by atoms with Crippen molar-refractivity contribution in [2.45, 2.75) is 27.2 Å². The lowest BCUT2D eigenvalue weighted by Crippen LogP contribution is -1.92. The summed E-state index contributed by atoms with van der Waals surface area (Å²) in [6, 6.07) is 4.16. The van der Waals surface area contributed by atoms with Crippen LogP contribution in [0.4, 0.5) is 0 Å². The Bertz CT molecular complexity index is 532. The second-order valence-corrected chi connectivity index (χ2v) is 4.22. The summed E-state index contributed by atoms with van der Waals surface area (Å²) in [6.45, 7) is 5.90. The molecule has 2 rings (SSSR count). The van der Waals surface area contributed by atoms with Crippen molar-refractivity contribution in [1.29, 1.82) is 0 Å². The van der Waals surface area contributed by atoms with Crippen molar-refractivity contribution in [3.63, 3.8) is 0 Å². The van der Waals surface area contributed by atoms with E-state index >= 15 is 0 Å². The predicted octanol–water partition coefficient (Wildman–Crippen LogP) is 2.63. The first-order valence-electron chi connectivity index (χ1n) is 5.60. The molecule has 0 aliphatic carbocycles. The van der Waals surface area contributed by atoms with Gasteiger partial charge in [0.1, 0.15) is 0 Å². The zero-order valence-electron chi connectivity index (χ0n) is 10.3. The Hall–Kier alpha value is -1.68. The van der Waals surface area contributed by atoms with E-state index in [0.29, 0.717) is 11.7 Å². The lowest BCUT2D eigenvalue weighted by molar-refractivity contribution is 0.186. The van der Waals surface area contributed by atoms with Gasteiger partial charge in [0.2, 0.25) is 11.7 Å². The molecule has 0 fully saturated rings.